The standard InChI is InChI=1S/C20H33N/c1-5-13-21-20(18-12-11-15(3)16(4)14-18)19-10-8-7-9-17(19)6-2/h7-10,15-16,18,20-21H,5-6,11-14H2,1-4H3. The van der Waals surface area contributed by atoms with Crippen LogP contribution in [0.25, 0.3) is 0 Å². The van der Waals surface area contributed by atoms with E-state index < -0.39 is 0 Å². The zero-order valence-corrected chi connectivity index (χ0v) is 14.4. The van der Waals surface area contributed by atoms with Crippen molar-refractivity contribution in [3.8, 4) is 0 Å². The molecule has 118 valence electrons. The van der Waals surface area contributed by atoms with Gasteiger partial charge in [0.15, 0.2) is 0 Å². The smallest absolute Gasteiger partial charge is 0.0351 e. The molecule has 0 spiro atoms. The summed E-state index contributed by atoms with van der Waals surface area (Å²) in [4.78, 5) is 0. The van der Waals surface area contributed by atoms with Gasteiger partial charge in [0.2, 0.25) is 0 Å². The van der Waals surface area contributed by atoms with Crippen molar-refractivity contribution < 1.29 is 0 Å². The summed E-state index contributed by atoms with van der Waals surface area (Å²) in [5, 5.41) is 3.87. The second-order valence-electron chi connectivity index (χ2n) is 7.01. The van der Waals surface area contributed by atoms with Crippen LogP contribution in [0, 0.1) is 17.8 Å². The Morgan fingerprint density at radius 2 is 1.86 bits per heavy atom. The first-order valence-corrected chi connectivity index (χ1v) is 8.98. The maximum atomic E-state index is 3.87. The number of benzene rings is 1. The van der Waals surface area contributed by atoms with Crippen molar-refractivity contribution in [2.24, 2.45) is 17.8 Å². The van der Waals surface area contributed by atoms with Gasteiger partial charge in [0.1, 0.15) is 0 Å². The number of aryl methyl sites for hydroxylation is 1. The van der Waals surface area contributed by atoms with Crippen LogP contribution in [0.4, 0.5) is 0 Å². The highest BCUT2D eigenvalue weighted by Gasteiger charge is 2.31. The highest BCUT2D eigenvalue weighted by Crippen LogP contribution is 2.40. The van der Waals surface area contributed by atoms with Crippen molar-refractivity contribution in [3.05, 3.63) is 35.4 Å². The predicted molar refractivity (Wildman–Crippen MR) is 92.5 cm³/mol. The van der Waals surface area contributed by atoms with E-state index in [9.17, 15) is 0 Å². The normalized spacial score (nSPS) is 27.5. The minimum absolute atomic E-state index is 0.552. The van der Waals surface area contributed by atoms with Gasteiger partial charge in [-0.15, -0.1) is 0 Å². The zero-order valence-electron chi connectivity index (χ0n) is 14.4. The van der Waals surface area contributed by atoms with Gasteiger partial charge in [0.25, 0.3) is 0 Å². The highest BCUT2D eigenvalue weighted by molar-refractivity contribution is 5.30. The molecule has 2 rings (SSSR count). The van der Waals surface area contributed by atoms with Crippen molar-refractivity contribution in [1.29, 1.82) is 0 Å². The van der Waals surface area contributed by atoms with Crippen LogP contribution >= 0.6 is 0 Å². The fourth-order valence-electron chi connectivity index (χ4n) is 3.88. The van der Waals surface area contributed by atoms with Gasteiger partial charge in [-0.2, -0.15) is 0 Å². The lowest BCUT2D eigenvalue weighted by Crippen LogP contribution is -2.34. The topological polar surface area (TPSA) is 12.0 Å². The van der Waals surface area contributed by atoms with Gasteiger partial charge in [-0.1, -0.05) is 58.4 Å². The maximum Gasteiger partial charge on any atom is 0.0351 e. The number of nitrogens with one attached hydrogen (secondary N) is 1. The van der Waals surface area contributed by atoms with E-state index in [1.165, 1.54) is 31.2 Å². The first-order valence-electron chi connectivity index (χ1n) is 8.98. The van der Waals surface area contributed by atoms with Crippen LogP contribution in [0.2, 0.25) is 0 Å². The molecule has 1 aliphatic rings. The third-order valence-electron chi connectivity index (χ3n) is 5.50. The molecule has 1 N–H and O–H groups in total. The highest BCUT2D eigenvalue weighted by atomic mass is 14.9. The fraction of sp³-hybridized carbons (Fsp3) is 0.700. The Bertz CT molecular complexity index is 426. The van der Waals surface area contributed by atoms with E-state index in [2.05, 4.69) is 57.3 Å². The van der Waals surface area contributed by atoms with E-state index >= 15 is 0 Å². The largest absolute Gasteiger partial charge is 0.310 e. The quantitative estimate of drug-likeness (QED) is 0.742. The van der Waals surface area contributed by atoms with E-state index in [1.807, 2.05) is 0 Å². The van der Waals surface area contributed by atoms with Crippen molar-refractivity contribution in [2.45, 2.75) is 65.8 Å². The van der Waals surface area contributed by atoms with Gasteiger partial charge in [0.05, 0.1) is 0 Å². The molecule has 21 heavy (non-hydrogen) atoms. The molecule has 1 aromatic rings. The Kier molecular flexibility index (Phi) is 6.29. The second-order valence-corrected chi connectivity index (χ2v) is 7.01. The summed E-state index contributed by atoms with van der Waals surface area (Å²) < 4.78 is 0. The van der Waals surface area contributed by atoms with Crippen LogP contribution in [0.15, 0.2) is 24.3 Å². The summed E-state index contributed by atoms with van der Waals surface area (Å²) in [6, 6.07) is 9.62. The van der Waals surface area contributed by atoms with E-state index in [0.717, 1.165) is 30.7 Å². The summed E-state index contributed by atoms with van der Waals surface area (Å²) in [7, 11) is 0. The van der Waals surface area contributed by atoms with Gasteiger partial charge in [-0.25, -0.2) is 0 Å². The zero-order chi connectivity index (χ0) is 15.2. The number of rotatable bonds is 6. The van der Waals surface area contributed by atoms with Crippen LogP contribution in [-0.4, -0.2) is 6.54 Å². The van der Waals surface area contributed by atoms with Crippen LogP contribution in [0.3, 0.4) is 0 Å². The molecule has 1 heteroatoms. The first-order chi connectivity index (χ1) is 10.2. The summed E-state index contributed by atoms with van der Waals surface area (Å²) in [5.74, 6) is 2.56. The molecular formula is C20H33N. The predicted octanol–water partition coefficient (Wildman–Crippen LogP) is 5.36. The van der Waals surface area contributed by atoms with Crippen molar-refractivity contribution in [3.63, 3.8) is 0 Å². The molecule has 1 fully saturated rings. The molecule has 1 aliphatic carbocycles. The van der Waals surface area contributed by atoms with E-state index in [1.54, 1.807) is 5.56 Å². The molecular weight excluding hydrogens is 254 g/mol. The van der Waals surface area contributed by atoms with Gasteiger partial charge < -0.3 is 5.32 Å². The molecule has 1 saturated carbocycles. The van der Waals surface area contributed by atoms with Gasteiger partial charge in [-0.05, 0) is 61.1 Å². The minimum atomic E-state index is 0.552. The molecule has 4 atom stereocenters. The summed E-state index contributed by atoms with van der Waals surface area (Å²) in [6.45, 7) is 10.5. The first kappa shape index (κ1) is 16.5. The van der Waals surface area contributed by atoms with Crippen LogP contribution in [-0.2, 0) is 6.42 Å². The van der Waals surface area contributed by atoms with Crippen molar-refractivity contribution in [1.82, 2.24) is 5.32 Å². The molecule has 0 amide bonds. The fourth-order valence-corrected chi connectivity index (χ4v) is 3.88. The Balaban J connectivity index is 2.21. The van der Waals surface area contributed by atoms with Crippen molar-refractivity contribution in [2.75, 3.05) is 6.54 Å². The van der Waals surface area contributed by atoms with Gasteiger partial charge in [-0.3, -0.25) is 0 Å². The average molecular weight is 287 g/mol. The minimum Gasteiger partial charge on any atom is -0.310 e. The molecule has 0 aromatic heterocycles. The summed E-state index contributed by atoms with van der Waals surface area (Å²) in [5.41, 5.74) is 3.08. The maximum absolute atomic E-state index is 3.87. The van der Waals surface area contributed by atoms with E-state index in [-0.39, 0.29) is 0 Å². The lowest BCUT2D eigenvalue weighted by atomic mass is 9.71. The number of hydrogen-bond acceptors (Lipinski definition) is 1. The SMILES string of the molecule is CCCNC(c1ccccc1CC)C1CCC(C)C(C)C1. The molecule has 0 radical (unpaired) electrons. The Hall–Kier alpha value is -0.820. The van der Waals surface area contributed by atoms with Gasteiger partial charge in [0, 0.05) is 6.04 Å². The van der Waals surface area contributed by atoms with Crippen LogP contribution in [0.5, 0.6) is 0 Å². The molecule has 1 aromatic carbocycles. The molecule has 4 unspecified atom stereocenters. The summed E-state index contributed by atoms with van der Waals surface area (Å²) in [6.07, 6.45) is 6.50. The van der Waals surface area contributed by atoms with Crippen LogP contribution < -0.4 is 5.32 Å². The molecule has 1 nitrogen and oxygen atoms in total. The Labute approximate surface area is 131 Å². The number of hydrogen-bond donors (Lipinski definition) is 1. The lowest BCUT2D eigenvalue weighted by Gasteiger charge is -2.38. The Morgan fingerprint density at radius 1 is 1.10 bits per heavy atom. The molecule has 0 saturated heterocycles. The van der Waals surface area contributed by atoms with E-state index in [0.29, 0.717) is 6.04 Å². The van der Waals surface area contributed by atoms with Crippen molar-refractivity contribution >= 4 is 0 Å². The monoisotopic (exact) mass is 287 g/mol. The summed E-state index contributed by atoms with van der Waals surface area (Å²) >= 11 is 0. The van der Waals surface area contributed by atoms with Crippen LogP contribution in [0.1, 0.15) is 70.5 Å². The van der Waals surface area contributed by atoms with Gasteiger partial charge >= 0.3 is 0 Å². The Morgan fingerprint density at radius 3 is 2.52 bits per heavy atom. The third-order valence-corrected chi connectivity index (χ3v) is 5.50. The average Bonchev–Trinajstić information content (AvgIpc) is 2.51. The third kappa shape index (κ3) is 4.10. The second kappa shape index (κ2) is 7.98. The molecule has 0 bridgehead atoms. The molecule has 0 heterocycles. The lowest BCUT2D eigenvalue weighted by molar-refractivity contribution is 0.171. The molecule has 0 aliphatic heterocycles. The van der Waals surface area contributed by atoms with E-state index in [4.69, 9.17) is 0 Å².